The standard InChI is InChI=1S/C17H28N2O5/c1-13(20)19(11-17(22)23)14-5-4-9-18(10-8-14)16(21)12-24-15-6-2-3-7-15/h14-15H,2-12H2,1H3,(H,22,23). The highest BCUT2D eigenvalue weighted by atomic mass is 16.5. The quantitative estimate of drug-likeness (QED) is 0.786. The summed E-state index contributed by atoms with van der Waals surface area (Å²) >= 11 is 0. The van der Waals surface area contributed by atoms with Crippen LogP contribution < -0.4 is 0 Å². The maximum atomic E-state index is 12.3. The molecule has 24 heavy (non-hydrogen) atoms. The second-order valence-electron chi connectivity index (χ2n) is 6.72. The van der Waals surface area contributed by atoms with Crippen molar-refractivity contribution < 1.29 is 24.2 Å². The lowest BCUT2D eigenvalue weighted by molar-refractivity contribution is -0.145. The van der Waals surface area contributed by atoms with E-state index in [9.17, 15) is 14.4 Å². The SMILES string of the molecule is CC(=O)N(CC(=O)O)C1CCCN(C(=O)COC2CCCC2)CC1. The van der Waals surface area contributed by atoms with Crippen molar-refractivity contribution in [3.05, 3.63) is 0 Å². The molecule has 0 bridgehead atoms. The van der Waals surface area contributed by atoms with Crippen LogP contribution in [-0.4, -0.2) is 71.1 Å². The molecular formula is C17H28N2O5. The molecule has 7 heteroatoms. The zero-order valence-corrected chi connectivity index (χ0v) is 14.4. The Balaban J connectivity index is 1.83. The fourth-order valence-corrected chi connectivity index (χ4v) is 3.62. The molecule has 0 aromatic rings. The average Bonchev–Trinajstić information content (AvgIpc) is 2.93. The van der Waals surface area contributed by atoms with E-state index in [2.05, 4.69) is 0 Å². The second-order valence-corrected chi connectivity index (χ2v) is 6.72. The van der Waals surface area contributed by atoms with E-state index in [4.69, 9.17) is 9.84 Å². The van der Waals surface area contributed by atoms with Crippen LogP contribution in [0.1, 0.15) is 51.9 Å². The van der Waals surface area contributed by atoms with Gasteiger partial charge < -0.3 is 19.6 Å². The van der Waals surface area contributed by atoms with E-state index in [1.807, 2.05) is 0 Å². The molecule has 1 saturated carbocycles. The summed E-state index contributed by atoms with van der Waals surface area (Å²) in [5.74, 6) is -1.24. The Bertz CT molecular complexity index is 462. The molecule has 0 aromatic heterocycles. The van der Waals surface area contributed by atoms with Gasteiger partial charge in [-0.25, -0.2) is 0 Å². The van der Waals surface area contributed by atoms with Crippen molar-refractivity contribution in [1.29, 1.82) is 0 Å². The van der Waals surface area contributed by atoms with Crippen molar-refractivity contribution >= 4 is 17.8 Å². The van der Waals surface area contributed by atoms with Gasteiger partial charge in [-0.05, 0) is 32.1 Å². The molecule has 0 spiro atoms. The van der Waals surface area contributed by atoms with Crippen molar-refractivity contribution in [2.45, 2.75) is 64.0 Å². The molecule has 1 saturated heterocycles. The van der Waals surface area contributed by atoms with E-state index in [0.717, 1.165) is 25.7 Å². The summed E-state index contributed by atoms with van der Waals surface area (Å²) in [7, 11) is 0. The number of aliphatic carboxylic acids is 1. The third kappa shape index (κ3) is 5.47. The van der Waals surface area contributed by atoms with Gasteiger partial charge in [0.1, 0.15) is 13.2 Å². The third-order valence-corrected chi connectivity index (χ3v) is 4.95. The zero-order chi connectivity index (χ0) is 17.5. The van der Waals surface area contributed by atoms with Gasteiger partial charge in [0.25, 0.3) is 0 Å². The molecule has 0 radical (unpaired) electrons. The van der Waals surface area contributed by atoms with Gasteiger partial charge >= 0.3 is 5.97 Å². The Morgan fingerprint density at radius 3 is 2.42 bits per heavy atom. The predicted octanol–water partition coefficient (Wildman–Crippen LogP) is 1.26. The van der Waals surface area contributed by atoms with Crippen LogP contribution in [0.3, 0.4) is 0 Å². The molecule has 2 rings (SSSR count). The Kier molecular flexibility index (Phi) is 7.02. The topological polar surface area (TPSA) is 87.2 Å². The Hall–Kier alpha value is -1.63. The van der Waals surface area contributed by atoms with Gasteiger partial charge in [0.2, 0.25) is 11.8 Å². The van der Waals surface area contributed by atoms with Crippen molar-refractivity contribution in [3.8, 4) is 0 Å². The molecule has 1 N–H and O–H groups in total. The van der Waals surface area contributed by atoms with Crippen LogP contribution in [0.2, 0.25) is 0 Å². The number of likely N-dealkylation sites (tertiary alicyclic amines) is 1. The van der Waals surface area contributed by atoms with E-state index in [-0.39, 0.29) is 37.1 Å². The van der Waals surface area contributed by atoms with Gasteiger partial charge in [-0.3, -0.25) is 14.4 Å². The number of carbonyl (C=O) groups excluding carboxylic acids is 2. The summed E-state index contributed by atoms with van der Waals surface area (Å²) in [4.78, 5) is 38.2. The molecule has 1 heterocycles. The smallest absolute Gasteiger partial charge is 0.323 e. The van der Waals surface area contributed by atoms with Gasteiger partial charge in [0, 0.05) is 26.1 Å². The number of nitrogens with zero attached hydrogens (tertiary/aromatic N) is 2. The summed E-state index contributed by atoms with van der Waals surface area (Å²) in [6.07, 6.45) is 6.75. The maximum absolute atomic E-state index is 12.3. The largest absolute Gasteiger partial charge is 0.480 e. The Labute approximate surface area is 142 Å². The van der Waals surface area contributed by atoms with Crippen molar-refractivity contribution in [1.82, 2.24) is 9.80 Å². The summed E-state index contributed by atoms with van der Waals surface area (Å²) in [6, 6.07) is -0.118. The van der Waals surface area contributed by atoms with Crippen LogP contribution in [-0.2, 0) is 19.1 Å². The number of carbonyl (C=O) groups is 3. The fraction of sp³-hybridized carbons (Fsp3) is 0.824. The lowest BCUT2D eigenvalue weighted by atomic mass is 10.1. The highest BCUT2D eigenvalue weighted by Crippen LogP contribution is 2.21. The minimum Gasteiger partial charge on any atom is -0.480 e. The summed E-state index contributed by atoms with van der Waals surface area (Å²) in [5.41, 5.74) is 0. The van der Waals surface area contributed by atoms with Gasteiger partial charge in [0.15, 0.2) is 0 Å². The first kappa shape index (κ1) is 18.7. The number of amides is 2. The Morgan fingerprint density at radius 2 is 1.79 bits per heavy atom. The molecule has 7 nitrogen and oxygen atoms in total. The highest BCUT2D eigenvalue weighted by molar-refractivity contribution is 5.80. The van der Waals surface area contributed by atoms with Crippen molar-refractivity contribution in [2.75, 3.05) is 26.2 Å². The first-order chi connectivity index (χ1) is 11.5. The van der Waals surface area contributed by atoms with Crippen LogP contribution in [0.5, 0.6) is 0 Å². The van der Waals surface area contributed by atoms with Gasteiger partial charge in [-0.1, -0.05) is 12.8 Å². The lowest BCUT2D eigenvalue weighted by Gasteiger charge is -2.29. The van der Waals surface area contributed by atoms with E-state index >= 15 is 0 Å². The second kappa shape index (κ2) is 9.01. The number of ether oxygens (including phenoxy) is 1. The van der Waals surface area contributed by atoms with Gasteiger partial charge in [-0.15, -0.1) is 0 Å². The third-order valence-electron chi connectivity index (χ3n) is 4.95. The number of hydrogen-bond acceptors (Lipinski definition) is 4. The molecule has 136 valence electrons. The van der Waals surface area contributed by atoms with E-state index in [0.29, 0.717) is 19.5 Å². The minimum atomic E-state index is -1.01. The summed E-state index contributed by atoms with van der Waals surface area (Å²) in [6.45, 7) is 2.43. The van der Waals surface area contributed by atoms with Crippen molar-refractivity contribution in [3.63, 3.8) is 0 Å². The van der Waals surface area contributed by atoms with Crippen LogP contribution in [0.4, 0.5) is 0 Å². The summed E-state index contributed by atoms with van der Waals surface area (Å²) < 4.78 is 5.69. The molecular weight excluding hydrogens is 312 g/mol. The highest BCUT2D eigenvalue weighted by Gasteiger charge is 2.28. The maximum Gasteiger partial charge on any atom is 0.323 e. The fourth-order valence-electron chi connectivity index (χ4n) is 3.62. The number of hydrogen-bond donors (Lipinski definition) is 1. The minimum absolute atomic E-state index is 0.00448. The molecule has 1 aliphatic carbocycles. The number of carboxylic acids is 1. The lowest BCUT2D eigenvalue weighted by Crippen LogP contribution is -2.43. The average molecular weight is 340 g/mol. The summed E-state index contributed by atoms with van der Waals surface area (Å²) in [5, 5.41) is 8.97. The molecule has 2 aliphatic rings. The van der Waals surface area contributed by atoms with E-state index in [1.54, 1.807) is 4.90 Å². The van der Waals surface area contributed by atoms with Crippen LogP contribution in [0.25, 0.3) is 0 Å². The molecule has 0 aromatic carbocycles. The molecule has 1 unspecified atom stereocenters. The normalized spacial score (nSPS) is 22.2. The first-order valence-electron chi connectivity index (χ1n) is 8.85. The monoisotopic (exact) mass is 340 g/mol. The van der Waals surface area contributed by atoms with Gasteiger partial charge in [-0.2, -0.15) is 0 Å². The first-order valence-corrected chi connectivity index (χ1v) is 8.85. The van der Waals surface area contributed by atoms with Crippen LogP contribution in [0.15, 0.2) is 0 Å². The molecule has 1 aliphatic heterocycles. The molecule has 2 fully saturated rings. The molecule has 2 amide bonds. The number of carboxylic acid groups (broad SMARTS) is 1. The Morgan fingerprint density at radius 1 is 1.08 bits per heavy atom. The van der Waals surface area contributed by atoms with Gasteiger partial charge in [0.05, 0.1) is 6.10 Å². The van der Waals surface area contributed by atoms with Crippen LogP contribution >= 0.6 is 0 Å². The predicted molar refractivity (Wildman–Crippen MR) is 87.4 cm³/mol. The van der Waals surface area contributed by atoms with Crippen molar-refractivity contribution in [2.24, 2.45) is 0 Å². The number of rotatable bonds is 6. The van der Waals surface area contributed by atoms with E-state index in [1.165, 1.54) is 24.7 Å². The molecule has 1 atom stereocenters. The zero-order valence-electron chi connectivity index (χ0n) is 14.4. The van der Waals surface area contributed by atoms with Crippen LogP contribution in [0, 0.1) is 0 Å². The van der Waals surface area contributed by atoms with E-state index < -0.39 is 5.97 Å².